The third-order valence-corrected chi connectivity index (χ3v) is 17.0. The normalized spacial score (nSPS) is 33.8. The van der Waals surface area contributed by atoms with E-state index in [1.807, 2.05) is 0 Å². The van der Waals surface area contributed by atoms with Crippen LogP contribution in [-0.2, 0) is 9.59 Å². The van der Waals surface area contributed by atoms with Crippen molar-refractivity contribution in [3.05, 3.63) is 0 Å². The first-order valence-corrected chi connectivity index (χ1v) is 27.9. The van der Waals surface area contributed by atoms with Crippen LogP contribution in [0.3, 0.4) is 0 Å². The predicted molar refractivity (Wildman–Crippen MR) is 299 cm³/mol. The Balaban J connectivity index is 0.000000755. The number of Topliss-reactive ketones (excluding diaryl/α,β-unsaturated/α-hetero) is 2. The maximum atomic E-state index is 12.3. The Morgan fingerprint density at radius 3 is 0.588 bits per heavy atom. The van der Waals surface area contributed by atoms with E-state index >= 15 is 0 Å². The summed E-state index contributed by atoms with van der Waals surface area (Å²) in [7, 11) is 0. The molecule has 0 aromatic heterocycles. The van der Waals surface area contributed by atoms with Crippen LogP contribution in [0.4, 0.5) is 4.39 Å². The van der Waals surface area contributed by atoms with Crippen LogP contribution in [0.2, 0.25) is 0 Å². The van der Waals surface area contributed by atoms with Crippen molar-refractivity contribution in [2.45, 2.75) is 278 Å². The Morgan fingerprint density at radius 1 is 0.368 bits per heavy atom. The molecule has 8 aliphatic rings. The number of carbonyl (C=O) groups excluding carboxylic acids is 2. The summed E-state index contributed by atoms with van der Waals surface area (Å²) >= 11 is 0. The molecule has 0 aromatic carbocycles. The van der Waals surface area contributed by atoms with E-state index in [1.165, 1.54) is 32.1 Å². The standard InChI is InChI=1S/2C9H16O.3C8H16.C7H13F.C7H14O.C7H14.CH4/c2*1-6(10)7-5-8(7)9(2,3)4;3*1-6-5-7(6)8(2,3)4;2*1-7(2,3)5-4-6(5)8;1-7(2,3)6-4-5-6;/h2*7-8H,5H2,1-4H3;3*6-7H,5H2,1-4H3;5-6H,4H2,1-3H3;5-6,8H,4H2,1-3H3;6H,4-5H2,1-3H3;1H4. The van der Waals surface area contributed by atoms with Gasteiger partial charge in [-0.15, -0.1) is 0 Å². The molecule has 8 fully saturated rings. The predicted octanol–water partition coefficient (Wildman–Crippen LogP) is 19.5. The lowest BCUT2D eigenvalue weighted by Gasteiger charge is -2.17. The average molecular weight is 962 g/mol. The van der Waals surface area contributed by atoms with E-state index in [0.717, 1.165) is 67.1 Å². The highest BCUT2D eigenvalue weighted by Gasteiger charge is 2.49. The van der Waals surface area contributed by atoms with Crippen molar-refractivity contribution in [2.24, 2.45) is 120 Å². The minimum atomic E-state index is -0.491. The molecular formula is C64H125FO3. The molecule has 8 aliphatic carbocycles. The summed E-state index contributed by atoms with van der Waals surface area (Å²) in [6.45, 7) is 64.5. The minimum Gasteiger partial charge on any atom is -0.393 e. The molecule has 8 rings (SSSR count). The third-order valence-electron chi connectivity index (χ3n) is 17.0. The van der Waals surface area contributed by atoms with Crippen LogP contribution in [0.25, 0.3) is 0 Å². The van der Waals surface area contributed by atoms with Crippen molar-refractivity contribution in [1.29, 1.82) is 0 Å². The molecule has 3 nitrogen and oxygen atoms in total. The molecule has 0 heterocycles. The largest absolute Gasteiger partial charge is 0.393 e. The highest BCUT2D eigenvalue weighted by atomic mass is 19.1. The van der Waals surface area contributed by atoms with Crippen LogP contribution in [0.5, 0.6) is 0 Å². The molecule has 0 aliphatic heterocycles. The first-order valence-electron chi connectivity index (χ1n) is 27.9. The molecule has 0 saturated heterocycles. The zero-order valence-corrected chi connectivity index (χ0v) is 50.7. The summed E-state index contributed by atoms with van der Waals surface area (Å²) in [6, 6.07) is 0. The fourth-order valence-corrected chi connectivity index (χ4v) is 10.9. The van der Waals surface area contributed by atoms with Crippen molar-refractivity contribution in [2.75, 3.05) is 0 Å². The Morgan fingerprint density at radius 2 is 0.574 bits per heavy atom. The minimum absolute atomic E-state index is 0. The van der Waals surface area contributed by atoms with Gasteiger partial charge in [-0.25, -0.2) is 4.39 Å². The van der Waals surface area contributed by atoms with Crippen LogP contribution >= 0.6 is 0 Å². The lowest BCUT2D eigenvalue weighted by atomic mass is 9.88. The number of aliphatic hydroxyl groups excluding tert-OH is 1. The van der Waals surface area contributed by atoms with Gasteiger partial charge in [0.15, 0.2) is 0 Å². The lowest BCUT2D eigenvalue weighted by Crippen LogP contribution is -2.11. The van der Waals surface area contributed by atoms with E-state index in [-0.39, 0.29) is 18.9 Å². The maximum absolute atomic E-state index is 12.3. The van der Waals surface area contributed by atoms with Gasteiger partial charge in [0.2, 0.25) is 0 Å². The summed E-state index contributed by atoms with van der Waals surface area (Å²) in [5.74, 6) is 10.9. The van der Waals surface area contributed by atoms with Gasteiger partial charge in [0.25, 0.3) is 0 Å². The summed E-state index contributed by atoms with van der Waals surface area (Å²) < 4.78 is 12.3. The second kappa shape index (κ2) is 24.5. The quantitative estimate of drug-likeness (QED) is 0.300. The van der Waals surface area contributed by atoms with Gasteiger partial charge >= 0.3 is 0 Å². The van der Waals surface area contributed by atoms with E-state index in [0.29, 0.717) is 85.0 Å². The van der Waals surface area contributed by atoms with Gasteiger partial charge in [-0.1, -0.05) is 194 Å². The Labute approximate surface area is 427 Å². The number of halogens is 1. The third kappa shape index (κ3) is 26.8. The fraction of sp³-hybridized carbons (Fsp3) is 0.969. The van der Waals surface area contributed by atoms with Crippen molar-refractivity contribution >= 4 is 11.6 Å². The van der Waals surface area contributed by atoms with Crippen molar-refractivity contribution in [3.63, 3.8) is 0 Å². The molecule has 0 aromatic rings. The monoisotopic (exact) mass is 961 g/mol. The summed E-state index contributed by atoms with van der Waals surface area (Å²) in [4.78, 5) is 21.7. The maximum Gasteiger partial charge on any atom is 0.133 e. The molecule has 1 N–H and O–H groups in total. The highest BCUT2D eigenvalue weighted by Crippen LogP contribution is 2.54. The number of alkyl halides is 1. The Hall–Kier alpha value is -0.770. The van der Waals surface area contributed by atoms with E-state index in [9.17, 15) is 14.0 Å². The summed E-state index contributed by atoms with van der Waals surface area (Å²) in [5.41, 5.74) is 3.59. The molecule has 0 spiro atoms. The second-order valence-electron chi connectivity index (χ2n) is 32.5. The van der Waals surface area contributed by atoms with Crippen molar-refractivity contribution < 1.29 is 19.1 Å². The smallest absolute Gasteiger partial charge is 0.133 e. The van der Waals surface area contributed by atoms with Gasteiger partial charge in [0, 0.05) is 11.8 Å². The second-order valence-corrected chi connectivity index (χ2v) is 32.5. The fourth-order valence-electron chi connectivity index (χ4n) is 10.9. The molecule has 406 valence electrons. The first-order chi connectivity index (χ1) is 29.5. The Kier molecular flexibility index (Phi) is 24.2. The molecule has 0 amide bonds. The summed E-state index contributed by atoms with van der Waals surface area (Å²) in [6.07, 6.45) is 10.9. The molecule has 0 radical (unpaired) electrons. The number of ketones is 2. The van der Waals surface area contributed by atoms with Gasteiger partial charge in [0.1, 0.15) is 17.7 Å². The zero-order valence-electron chi connectivity index (χ0n) is 50.7. The van der Waals surface area contributed by atoms with Crippen LogP contribution in [0.1, 0.15) is 266 Å². The van der Waals surface area contributed by atoms with Crippen molar-refractivity contribution in [1.82, 2.24) is 0 Å². The van der Waals surface area contributed by atoms with Crippen molar-refractivity contribution in [3.8, 4) is 0 Å². The molecule has 14 unspecified atom stereocenters. The summed E-state index contributed by atoms with van der Waals surface area (Å²) in [5, 5.41) is 8.96. The van der Waals surface area contributed by atoms with Crippen LogP contribution in [0, 0.1) is 120 Å². The first kappa shape index (κ1) is 67.2. The van der Waals surface area contributed by atoms with E-state index in [2.05, 4.69) is 187 Å². The number of rotatable bonds is 2. The van der Waals surface area contributed by atoms with E-state index in [1.54, 1.807) is 13.8 Å². The van der Waals surface area contributed by atoms with Crippen LogP contribution < -0.4 is 0 Å². The molecule has 68 heavy (non-hydrogen) atoms. The number of hydrogen-bond donors (Lipinski definition) is 1. The highest BCUT2D eigenvalue weighted by molar-refractivity contribution is 5.81. The van der Waals surface area contributed by atoms with E-state index in [4.69, 9.17) is 5.11 Å². The SMILES string of the molecule is C.CC(=O)C1CC1C(C)(C)C.CC(=O)C1CC1C(C)(C)C.CC(C)(C)C1CC1.CC(C)(C)C1CC1F.CC(C)(C)C1CC1O.CC1CC1C(C)(C)C.CC1CC1C(C)(C)C.CC1CC1C(C)(C)C. The Bertz CT molecular complexity index is 1310. The molecule has 0 bridgehead atoms. The molecule has 4 heteroatoms. The van der Waals surface area contributed by atoms with Gasteiger partial charge < -0.3 is 5.11 Å². The molecule has 8 saturated carbocycles. The number of carbonyl (C=O) groups is 2. The van der Waals surface area contributed by atoms with Crippen LogP contribution in [0.15, 0.2) is 0 Å². The number of aliphatic hydroxyl groups is 1. The van der Waals surface area contributed by atoms with Gasteiger partial charge in [-0.2, -0.15) is 0 Å². The van der Waals surface area contributed by atoms with E-state index < -0.39 is 6.17 Å². The average Bonchev–Trinajstić information content (AvgIpc) is 3.85. The topological polar surface area (TPSA) is 54.4 Å². The van der Waals surface area contributed by atoms with Crippen LogP contribution in [-0.4, -0.2) is 28.9 Å². The van der Waals surface area contributed by atoms with Gasteiger partial charge in [-0.05, 0) is 180 Å². The number of hydrogen-bond acceptors (Lipinski definition) is 3. The molecule has 14 atom stereocenters. The molecular weight excluding hydrogens is 836 g/mol. The van der Waals surface area contributed by atoms with Gasteiger partial charge in [0.05, 0.1) is 6.10 Å². The zero-order chi connectivity index (χ0) is 53.2. The van der Waals surface area contributed by atoms with Gasteiger partial charge in [-0.3, -0.25) is 9.59 Å². The lowest BCUT2D eigenvalue weighted by molar-refractivity contribution is -0.119.